The summed E-state index contributed by atoms with van der Waals surface area (Å²) in [4.78, 5) is 50.6. The lowest BCUT2D eigenvalue weighted by atomic mass is 9.73. The average Bonchev–Trinajstić information content (AvgIpc) is 2.95. The predicted octanol–water partition coefficient (Wildman–Crippen LogP) is 1.61. The number of imide groups is 2. The van der Waals surface area contributed by atoms with Crippen molar-refractivity contribution in [1.82, 2.24) is 15.5 Å². The van der Waals surface area contributed by atoms with Crippen molar-refractivity contribution in [2.24, 2.45) is 5.92 Å². The number of nitrogens with zero attached hydrogens (tertiary/aromatic N) is 1. The number of urea groups is 2. The Hall–Kier alpha value is -3.30. The van der Waals surface area contributed by atoms with Gasteiger partial charge >= 0.3 is 12.1 Å². The molecule has 4 rings (SSSR count). The second-order valence-electron chi connectivity index (χ2n) is 7.80. The maximum Gasteiger partial charge on any atom is 0.325 e. The molecule has 0 aromatic heterocycles. The molecule has 6 amide bonds. The van der Waals surface area contributed by atoms with Crippen molar-refractivity contribution >= 4 is 29.6 Å². The van der Waals surface area contributed by atoms with Crippen LogP contribution in [0, 0.1) is 5.92 Å². The van der Waals surface area contributed by atoms with E-state index >= 15 is 0 Å². The Morgan fingerprint density at radius 2 is 1.97 bits per heavy atom. The van der Waals surface area contributed by atoms with Gasteiger partial charge in [-0.05, 0) is 30.9 Å². The number of carbonyl (C=O) groups is 4. The summed E-state index contributed by atoms with van der Waals surface area (Å²) in [7, 11) is 0. The molecule has 2 aliphatic heterocycles. The summed E-state index contributed by atoms with van der Waals surface area (Å²) >= 11 is 0. The first-order valence-corrected chi connectivity index (χ1v) is 10.0. The van der Waals surface area contributed by atoms with Gasteiger partial charge in [-0.3, -0.25) is 19.8 Å². The van der Waals surface area contributed by atoms with Crippen molar-refractivity contribution < 1.29 is 28.7 Å². The highest BCUT2D eigenvalue weighted by atomic mass is 16.6. The number of carbonyl (C=O) groups excluding carboxylic acids is 4. The molecule has 160 valence electrons. The maximum absolute atomic E-state index is 12.9. The fourth-order valence-electron chi connectivity index (χ4n) is 4.23. The monoisotopic (exact) mass is 416 g/mol. The van der Waals surface area contributed by atoms with Crippen LogP contribution in [0.2, 0.25) is 0 Å². The third-order valence-electron chi connectivity index (χ3n) is 5.86. The van der Waals surface area contributed by atoms with E-state index in [1.807, 2.05) is 6.92 Å². The summed E-state index contributed by atoms with van der Waals surface area (Å²) in [6.07, 6.45) is 3.24. The van der Waals surface area contributed by atoms with E-state index in [2.05, 4.69) is 16.0 Å². The lowest BCUT2D eigenvalue weighted by molar-refractivity contribution is -0.137. The topological polar surface area (TPSA) is 126 Å². The molecule has 0 radical (unpaired) electrons. The lowest BCUT2D eigenvalue weighted by Gasteiger charge is -2.36. The Bertz CT molecular complexity index is 903. The smallest absolute Gasteiger partial charge is 0.325 e. The van der Waals surface area contributed by atoms with Crippen LogP contribution in [-0.4, -0.2) is 54.1 Å². The fourth-order valence-corrected chi connectivity index (χ4v) is 4.23. The third-order valence-corrected chi connectivity index (χ3v) is 5.86. The summed E-state index contributed by atoms with van der Waals surface area (Å²) in [5.74, 6) is -0.0882. The SMILES string of the molecule is C[C@H]1CCCC[C@@]12NC(=O)N(CC(=O)NC(=O)Nc1ccc3c(c1)OCCO3)C2=O. The number of fused-ring (bicyclic) bond motifs is 1. The second kappa shape index (κ2) is 7.85. The maximum atomic E-state index is 12.9. The standard InChI is InChI=1S/C20H24N4O6/c1-12-4-2-3-7-20(12)17(26)24(19(28)23-20)11-16(25)22-18(27)21-13-5-6-14-15(10-13)30-9-8-29-14/h5-6,10,12H,2-4,7-9,11H2,1H3,(H,23,28)(H2,21,22,25,27)/t12-,20+/m0/s1. The van der Waals surface area contributed by atoms with E-state index in [0.717, 1.165) is 24.2 Å². The van der Waals surface area contributed by atoms with Crippen LogP contribution < -0.4 is 25.4 Å². The largest absolute Gasteiger partial charge is 0.486 e. The van der Waals surface area contributed by atoms with Gasteiger partial charge in [0.15, 0.2) is 11.5 Å². The van der Waals surface area contributed by atoms with Gasteiger partial charge in [0.1, 0.15) is 25.3 Å². The molecule has 1 aromatic rings. The van der Waals surface area contributed by atoms with Crippen LogP contribution in [0.1, 0.15) is 32.6 Å². The van der Waals surface area contributed by atoms with E-state index in [4.69, 9.17) is 9.47 Å². The first-order chi connectivity index (χ1) is 14.4. The number of anilines is 1. The average molecular weight is 416 g/mol. The van der Waals surface area contributed by atoms with E-state index in [1.54, 1.807) is 18.2 Å². The number of hydrogen-bond donors (Lipinski definition) is 3. The van der Waals surface area contributed by atoms with Gasteiger partial charge in [0.05, 0.1) is 0 Å². The number of amides is 6. The van der Waals surface area contributed by atoms with Crippen LogP contribution in [0.15, 0.2) is 18.2 Å². The number of benzene rings is 1. The highest BCUT2D eigenvalue weighted by molar-refractivity contribution is 6.10. The van der Waals surface area contributed by atoms with Crippen LogP contribution in [0.4, 0.5) is 15.3 Å². The molecule has 0 bridgehead atoms. The predicted molar refractivity (Wildman–Crippen MR) is 105 cm³/mol. The van der Waals surface area contributed by atoms with Gasteiger partial charge in [-0.25, -0.2) is 9.59 Å². The van der Waals surface area contributed by atoms with Gasteiger partial charge in [0.25, 0.3) is 5.91 Å². The Balaban J connectivity index is 1.34. The molecule has 1 spiro atoms. The van der Waals surface area contributed by atoms with Crippen molar-refractivity contribution in [2.75, 3.05) is 25.1 Å². The Kier molecular flexibility index (Phi) is 5.23. The molecule has 3 N–H and O–H groups in total. The zero-order valence-electron chi connectivity index (χ0n) is 16.7. The molecule has 1 aromatic carbocycles. The van der Waals surface area contributed by atoms with E-state index in [0.29, 0.717) is 36.8 Å². The fraction of sp³-hybridized carbons (Fsp3) is 0.500. The quantitative estimate of drug-likeness (QED) is 0.643. The van der Waals surface area contributed by atoms with Gasteiger partial charge in [0.2, 0.25) is 5.91 Å². The number of nitrogens with one attached hydrogen (secondary N) is 3. The Morgan fingerprint density at radius 1 is 1.20 bits per heavy atom. The molecule has 30 heavy (non-hydrogen) atoms. The first-order valence-electron chi connectivity index (χ1n) is 10.0. The summed E-state index contributed by atoms with van der Waals surface area (Å²) < 4.78 is 10.9. The van der Waals surface area contributed by atoms with Gasteiger partial charge < -0.3 is 20.1 Å². The van der Waals surface area contributed by atoms with Gasteiger partial charge in [0, 0.05) is 11.8 Å². The third kappa shape index (κ3) is 3.64. The number of ether oxygens (including phenoxy) is 2. The summed E-state index contributed by atoms with van der Waals surface area (Å²) in [6.45, 7) is 2.28. The molecule has 2 heterocycles. The molecule has 2 atom stereocenters. The van der Waals surface area contributed by atoms with Gasteiger partial charge in [-0.2, -0.15) is 0 Å². The van der Waals surface area contributed by atoms with Crippen molar-refractivity contribution in [3.05, 3.63) is 18.2 Å². The van der Waals surface area contributed by atoms with Crippen LogP contribution in [0.25, 0.3) is 0 Å². The molecular weight excluding hydrogens is 392 g/mol. The first kappa shape index (κ1) is 20.0. The lowest BCUT2D eigenvalue weighted by Crippen LogP contribution is -2.54. The second-order valence-corrected chi connectivity index (χ2v) is 7.80. The minimum Gasteiger partial charge on any atom is -0.486 e. The Morgan fingerprint density at radius 3 is 2.73 bits per heavy atom. The van der Waals surface area contributed by atoms with Crippen LogP contribution in [0.5, 0.6) is 11.5 Å². The summed E-state index contributed by atoms with van der Waals surface area (Å²) in [5, 5.41) is 7.45. The van der Waals surface area contributed by atoms with Crippen LogP contribution in [0.3, 0.4) is 0 Å². The molecular formula is C20H24N4O6. The number of hydrogen-bond acceptors (Lipinski definition) is 6. The van der Waals surface area contributed by atoms with E-state index in [9.17, 15) is 19.2 Å². The highest BCUT2D eigenvalue weighted by Gasteiger charge is 2.55. The van der Waals surface area contributed by atoms with Gasteiger partial charge in [-0.15, -0.1) is 0 Å². The zero-order chi connectivity index (χ0) is 21.3. The molecule has 10 heteroatoms. The van der Waals surface area contributed by atoms with Gasteiger partial charge in [-0.1, -0.05) is 19.8 Å². The summed E-state index contributed by atoms with van der Waals surface area (Å²) in [5.41, 5.74) is -0.530. The molecule has 1 saturated carbocycles. The minimum absolute atomic E-state index is 0.00531. The van der Waals surface area contributed by atoms with Crippen molar-refractivity contribution in [3.63, 3.8) is 0 Å². The van der Waals surface area contributed by atoms with Crippen LogP contribution in [-0.2, 0) is 9.59 Å². The normalized spacial score (nSPS) is 25.1. The molecule has 2 fully saturated rings. The van der Waals surface area contributed by atoms with E-state index in [-0.39, 0.29) is 5.92 Å². The van der Waals surface area contributed by atoms with E-state index in [1.165, 1.54) is 0 Å². The van der Waals surface area contributed by atoms with Crippen molar-refractivity contribution in [3.8, 4) is 11.5 Å². The molecule has 10 nitrogen and oxygen atoms in total. The molecule has 0 unspecified atom stereocenters. The Labute approximate surface area is 173 Å². The molecule has 1 saturated heterocycles. The highest BCUT2D eigenvalue weighted by Crippen LogP contribution is 2.38. The summed E-state index contributed by atoms with van der Waals surface area (Å²) in [6, 6.07) is 3.48. The number of rotatable bonds is 3. The van der Waals surface area contributed by atoms with E-state index < -0.39 is 36.0 Å². The van der Waals surface area contributed by atoms with Crippen molar-refractivity contribution in [2.45, 2.75) is 38.1 Å². The molecule has 1 aliphatic carbocycles. The molecule has 3 aliphatic rings. The minimum atomic E-state index is -0.941. The zero-order valence-corrected chi connectivity index (χ0v) is 16.7. The van der Waals surface area contributed by atoms with Crippen LogP contribution >= 0.6 is 0 Å². The van der Waals surface area contributed by atoms with Crippen molar-refractivity contribution in [1.29, 1.82) is 0 Å².